The van der Waals surface area contributed by atoms with E-state index in [2.05, 4.69) is 45.3 Å². The maximum absolute atomic E-state index is 13.0. The second-order valence-corrected chi connectivity index (χ2v) is 9.66. The Morgan fingerprint density at radius 3 is 2.48 bits per heavy atom. The minimum atomic E-state index is -0.355. The van der Waals surface area contributed by atoms with E-state index in [1.807, 2.05) is 24.1 Å². The van der Waals surface area contributed by atoms with Gasteiger partial charge in [-0.05, 0) is 71.4 Å². The Balaban J connectivity index is 1.63. The van der Waals surface area contributed by atoms with Crippen LogP contribution in [0, 0.1) is 5.92 Å². The number of halogens is 1. The number of hydrogen-bond donors (Lipinski definition) is 2. The van der Waals surface area contributed by atoms with E-state index < -0.39 is 0 Å². The van der Waals surface area contributed by atoms with Gasteiger partial charge in [-0.3, -0.25) is 14.9 Å². The second-order valence-electron chi connectivity index (χ2n) is 8.40. The third kappa shape index (κ3) is 6.99. The van der Waals surface area contributed by atoms with Crippen LogP contribution in [0.1, 0.15) is 34.6 Å². The van der Waals surface area contributed by atoms with Crippen molar-refractivity contribution in [1.29, 1.82) is 0 Å². The topological polar surface area (TPSA) is 73.9 Å². The van der Waals surface area contributed by atoms with Gasteiger partial charge in [0, 0.05) is 31.7 Å². The average Bonchev–Trinajstić information content (AvgIpc) is 2.78. The predicted molar refractivity (Wildman–Crippen MR) is 138 cm³/mol. The van der Waals surface area contributed by atoms with Crippen molar-refractivity contribution < 1.29 is 14.3 Å². The van der Waals surface area contributed by atoms with Crippen molar-refractivity contribution in [2.75, 3.05) is 45.2 Å². The molecule has 0 saturated carbocycles. The summed E-state index contributed by atoms with van der Waals surface area (Å²) in [7, 11) is 2.04. The van der Waals surface area contributed by atoms with Crippen LogP contribution in [0.4, 0.5) is 5.69 Å². The molecule has 3 rings (SSSR count). The molecule has 0 aliphatic carbocycles. The Labute approximate surface area is 208 Å². The highest BCUT2D eigenvalue weighted by molar-refractivity contribution is 9.10. The zero-order valence-electron chi connectivity index (χ0n) is 19.1. The molecule has 1 aliphatic rings. The summed E-state index contributed by atoms with van der Waals surface area (Å²) in [6.45, 7) is 7.76. The molecule has 2 amide bonds. The molecule has 176 valence electrons. The van der Waals surface area contributed by atoms with E-state index in [1.165, 1.54) is 0 Å². The minimum absolute atomic E-state index is 0.0544. The van der Waals surface area contributed by atoms with Gasteiger partial charge in [0.25, 0.3) is 11.8 Å². The first-order valence-corrected chi connectivity index (χ1v) is 12.1. The molecule has 1 heterocycles. The Morgan fingerprint density at radius 2 is 1.82 bits per heavy atom. The number of nitrogens with one attached hydrogen (secondary N) is 2. The van der Waals surface area contributed by atoms with E-state index in [-0.39, 0.29) is 16.9 Å². The van der Waals surface area contributed by atoms with Crippen LogP contribution in [0.2, 0.25) is 0 Å². The number of ether oxygens (including phenoxy) is 1. The monoisotopic (exact) mass is 532 g/mol. The highest BCUT2D eigenvalue weighted by Crippen LogP contribution is 2.26. The molecule has 7 nitrogen and oxygen atoms in total. The molecule has 9 heteroatoms. The van der Waals surface area contributed by atoms with Gasteiger partial charge in [-0.1, -0.05) is 26.0 Å². The number of benzene rings is 2. The SMILES string of the molecule is CC(C)COc1ccc(C(=O)NC(=S)Nc2ccccc2C(=O)N2CCN(C)CC2)cc1Br. The average molecular weight is 533 g/mol. The number of likely N-dealkylation sites (N-methyl/N-ethyl adjacent to an activating group) is 1. The van der Waals surface area contributed by atoms with Crippen LogP contribution in [0.3, 0.4) is 0 Å². The fraction of sp³-hybridized carbons (Fsp3) is 0.375. The molecule has 2 aromatic carbocycles. The standard InChI is InChI=1S/C24H29BrN4O3S/c1-16(2)15-32-21-9-8-17(14-19(21)25)22(30)27-24(33)26-20-7-5-4-6-18(20)23(31)29-12-10-28(3)11-13-29/h4-9,14,16H,10-13,15H2,1-3H3,(H2,26,27,30,33). The lowest BCUT2D eigenvalue weighted by molar-refractivity contribution is 0.0665. The lowest BCUT2D eigenvalue weighted by atomic mass is 10.1. The van der Waals surface area contributed by atoms with Gasteiger partial charge in [0.1, 0.15) is 5.75 Å². The summed E-state index contributed by atoms with van der Waals surface area (Å²) in [6, 6.07) is 12.3. The molecular formula is C24H29BrN4O3S. The van der Waals surface area contributed by atoms with Crippen molar-refractivity contribution >= 4 is 50.8 Å². The number of nitrogens with zero attached hydrogens (tertiary/aromatic N) is 2. The fourth-order valence-electron chi connectivity index (χ4n) is 3.30. The van der Waals surface area contributed by atoms with Crippen LogP contribution in [0.15, 0.2) is 46.9 Å². The van der Waals surface area contributed by atoms with Crippen molar-refractivity contribution in [2.45, 2.75) is 13.8 Å². The van der Waals surface area contributed by atoms with Crippen LogP contribution < -0.4 is 15.4 Å². The van der Waals surface area contributed by atoms with E-state index in [0.717, 1.165) is 13.1 Å². The first-order chi connectivity index (χ1) is 15.7. The van der Waals surface area contributed by atoms with Gasteiger partial charge in [0.2, 0.25) is 0 Å². The summed E-state index contributed by atoms with van der Waals surface area (Å²) < 4.78 is 6.42. The van der Waals surface area contributed by atoms with Crippen LogP contribution in [0.25, 0.3) is 0 Å². The Bertz CT molecular complexity index is 1020. The number of para-hydroxylation sites is 1. The number of carbonyl (C=O) groups is 2. The summed E-state index contributed by atoms with van der Waals surface area (Å²) in [4.78, 5) is 29.8. The highest BCUT2D eigenvalue weighted by Gasteiger charge is 2.22. The molecule has 0 radical (unpaired) electrons. The second kappa shape index (κ2) is 11.6. The van der Waals surface area contributed by atoms with E-state index in [0.29, 0.717) is 52.7 Å². The largest absolute Gasteiger partial charge is 0.492 e. The molecule has 2 aromatic rings. The van der Waals surface area contributed by atoms with E-state index in [9.17, 15) is 9.59 Å². The third-order valence-corrected chi connectivity index (χ3v) is 6.01. The van der Waals surface area contributed by atoms with Crippen LogP contribution in [-0.2, 0) is 0 Å². The van der Waals surface area contributed by atoms with Gasteiger partial charge < -0.3 is 19.9 Å². The molecule has 33 heavy (non-hydrogen) atoms. The summed E-state index contributed by atoms with van der Waals surface area (Å²) in [5.41, 5.74) is 1.52. The summed E-state index contributed by atoms with van der Waals surface area (Å²) >= 11 is 8.80. The van der Waals surface area contributed by atoms with Gasteiger partial charge in [-0.2, -0.15) is 0 Å². The smallest absolute Gasteiger partial charge is 0.257 e. The van der Waals surface area contributed by atoms with E-state index >= 15 is 0 Å². The molecule has 0 atom stereocenters. The summed E-state index contributed by atoms with van der Waals surface area (Å²) in [5, 5.41) is 5.81. The van der Waals surface area contributed by atoms with Gasteiger partial charge in [-0.15, -0.1) is 0 Å². The van der Waals surface area contributed by atoms with Gasteiger partial charge in [0.15, 0.2) is 5.11 Å². The van der Waals surface area contributed by atoms with Gasteiger partial charge in [0.05, 0.1) is 22.3 Å². The number of piperazine rings is 1. The predicted octanol–water partition coefficient (Wildman–Crippen LogP) is 4.00. The van der Waals surface area contributed by atoms with Crippen molar-refractivity contribution in [2.24, 2.45) is 5.92 Å². The number of amides is 2. The first-order valence-electron chi connectivity index (χ1n) is 10.9. The zero-order valence-corrected chi connectivity index (χ0v) is 21.5. The van der Waals surface area contributed by atoms with Crippen molar-refractivity contribution in [3.8, 4) is 5.75 Å². The maximum Gasteiger partial charge on any atom is 0.257 e. The van der Waals surface area contributed by atoms with E-state index in [4.69, 9.17) is 17.0 Å². The Kier molecular flexibility index (Phi) is 8.82. The maximum atomic E-state index is 13.0. The van der Waals surface area contributed by atoms with Crippen molar-refractivity contribution in [1.82, 2.24) is 15.1 Å². The molecular weight excluding hydrogens is 504 g/mol. The zero-order chi connectivity index (χ0) is 24.0. The Hall–Kier alpha value is -2.49. The molecule has 0 unspecified atom stereocenters. The number of anilines is 1. The third-order valence-electron chi connectivity index (χ3n) is 5.19. The van der Waals surface area contributed by atoms with E-state index in [1.54, 1.807) is 30.3 Å². The highest BCUT2D eigenvalue weighted by atomic mass is 79.9. The molecule has 1 saturated heterocycles. The number of rotatable bonds is 6. The molecule has 0 bridgehead atoms. The number of carbonyl (C=O) groups excluding carboxylic acids is 2. The molecule has 0 spiro atoms. The normalized spacial score (nSPS) is 14.2. The summed E-state index contributed by atoms with van der Waals surface area (Å²) in [6.07, 6.45) is 0. The van der Waals surface area contributed by atoms with Crippen LogP contribution in [0.5, 0.6) is 5.75 Å². The first kappa shape index (κ1) is 25.1. The molecule has 1 aliphatic heterocycles. The molecule has 2 N–H and O–H groups in total. The van der Waals surface area contributed by atoms with Crippen molar-refractivity contribution in [3.63, 3.8) is 0 Å². The molecule has 0 aromatic heterocycles. The number of hydrogen-bond acceptors (Lipinski definition) is 5. The van der Waals surface area contributed by atoms with Crippen molar-refractivity contribution in [3.05, 3.63) is 58.1 Å². The van der Waals surface area contributed by atoms with Crippen LogP contribution >= 0.6 is 28.1 Å². The number of thiocarbonyl (C=S) groups is 1. The minimum Gasteiger partial charge on any atom is -0.492 e. The molecule has 1 fully saturated rings. The Morgan fingerprint density at radius 1 is 1.12 bits per heavy atom. The quantitative estimate of drug-likeness (QED) is 0.547. The lowest BCUT2D eigenvalue weighted by Crippen LogP contribution is -2.47. The lowest BCUT2D eigenvalue weighted by Gasteiger charge is -2.32. The van der Waals surface area contributed by atoms with Crippen LogP contribution in [-0.4, -0.2) is 66.6 Å². The fourth-order valence-corrected chi connectivity index (χ4v) is 4.00. The van der Waals surface area contributed by atoms with Gasteiger partial charge in [-0.25, -0.2) is 0 Å². The summed E-state index contributed by atoms with van der Waals surface area (Å²) in [5.74, 6) is 0.666. The van der Waals surface area contributed by atoms with Gasteiger partial charge >= 0.3 is 0 Å².